The third-order valence-corrected chi connectivity index (χ3v) is 5.86. The Morgan fingerprint density at radius 1 is 0.800 bits per heavy atom. The van der Waals surface area contributed by atoms with E-state index < -0.39 is 23.0 Å². The maximum atomic E-state index is 13.3. The summed E-state index contributed by atoms with van der Waals surface area (Å²) < 4.78 is 36.3. The van der Waals surface area contributed by atoms with Gasteiger partial charge < -0.3 is 17.7 Å². The van der Waals surface area contributed by atoms with E-state index in [1.165, 1.54) is 0 Å². The quantitative estimate of drug-likeness (QED) is 0.244. The lowest BCUT2D eigenvalue weighted by Gasteiger charge is -2.11. The van der Waals surface area contributed by atoms with Crippen LogP contribution in [0.2, 0.25) is 38.3 Å². The zero-order chi connectivity index (χ0) is 15.6. The fourth-order valence-corrected chi connectivity index (χ4v) is 3.83. The molecular formula is C13H28F2O3Si2. The minimum absolute atomic E-state index is 0.272. The first-order valence-corrected chi connectivity index (χ1v) is 13.4. The minimum Gasteiger partial charge on any atom is -0.434 e. The highest BCUT2D eigenvalue weighted by Gasteiger charge is 2.19. The average Bonchev–Trinajstić information content (AvgIpc) is 2.25. The molecule has 0 fully saturated rings. The summed E-state index contributed by atoms with van der Waals surface area (Å²) in [5.74, 6) is 0. The van der Waals surface area contributed by atoms with Gasteiger partial charge in [0.1, 0.15) is 0 Å². The van der Waals surface area contributed by atoms with Gasteiger partial charge in [-0.15, -0.1) is 0 Å². The van der Waals surface area contributed by atoms with E-state index >= 15 is 0 Å². The van der Waals surface area contributed by atoms with E-state index in [0.717, 1.165) is 12.8 Å². The molecule has 0 aromatic carbocycles. The Hall–Kier alpha value is -0.436. The van der Waals surface area contributed by atoms with Crippen LogP contribution in [0.15, 0.2) is 0 Å². The molecule has 0 bridgehead atoms. The molecule has 0 spiro atoms. The van der Waals surface area contributed by atoms with Gasteiger partial charge in [0.25, 0.3) is 0 Å². The predicted octanol–water partition coefficient (Wildman–Crippen LogP) is 5.05. The van der Waals surface area contributed by atoms with E-state index in [2.05, 4.69) is 0 Å². The fourth-order valence-electron chi connectivity index (χ4n) is 1.65. The van der Waals surface area contributed by atoms with Crippen molar-refractivity contribution in [2.24, 2.45) is 0 Å². The molecule has 120 valence electrons. The number of unbranched alkanes of at least 4 members (excludes halogenated alkanes) is 2. The molecule has 0 saturated heterocycles. The Labute approximate surface area is 123 Å². The van der Waals surface area contributed by atoms with E-state index in [1.807, 2.05) is 0 Å². The lowest BCUT2D eigenvalue weighted by Crippen LogP contribution is -2.18. The van der Waals surface area contributed by atoms with Gasteiger partial charge in [0.05, 0.1) is 13.2 Å². The van der Waals surface area contributed by atoms with Crippen molar-refractivity contribution in [3.05, 3.63) is 0 Å². The summed E-state index contributed by atoms with van der Waals surface area (Å²) in [6.07, 6.45) is 2.12. The second-order valence-corrected chi connectivity index (χ2v) is 14.2. The van der Waals surface area contributed by atoms with Crippen molar-refractivity contribution in [2.45, 2.75) is 64.0 Å². The van der Waals surface area contributed by atoms with Crippen molar-refractivity contribution >= 4 is 23.0 Å². The summed E-state index contributed by atoms with van der Waals surface area (Å²) in [6, 6.07) is 1.18. The zero-order valence-electron chi connectivity index (χ0n) is 13.1. The summed E-state index contributed by atoms with van der Waals surface area (Å²) in [5.41, 5.74) is 0. The van der Waals surface area contributed by atoms with Gasteiger partial charge in [-0.2, -0.15) is 0 Å². The molecule has 0 aromatic rings. The molecule has 0 amide bonds. The molecule has 20 heavy (non-hydrogen) atoms. The lowest BCUT2D eigenvalue weighted by atomic mass is 10.3. The number of hydrogen-bond donors (Lipinski definition) is 0. The first-order chi connectivity index (χ1) is 9.10. The number of carbonyl (C=O) groups excluding carboxylic acids is 1. The first-order valence-electron chi connectivity index (χ1n) is 7.27. The molecule has 0 saturated carbocycles. The molecule has 0 rings (SSSR count). The topological polar surface area (TPSA) is 35.5 Å². The van der Waals surface area contributed by atoms with Crippen LogP contribution in [0, 0.1) is 0 Å². The van der Waals surface area contributed by atoms with Crippen molar-refractivity contribution in [3.8, 4) is 0 Å². The molecule has 0 aliphatic carbocycles. The van der Waals surface area contributed by atoms with Gasteiger partial charge in [0.2, 0.25) is 16.8 Å². The largest absolute Gasteiger partial charge is 0.508 e. The Balaban J connectivity index is 3.38. The van der Waals surface area contributed by atoms with Crippen LogP contribution < -0.4 is 0 Å². The molecule has 0 N–H and O–H groups in total. The average molecular weight is 327 g/mol. The minimum atomic E-state index is -2.48. The fraction of sp³-hybridized carbons (Fsp3) is 0.923. The Bertz CT molecular complexity index is 250. The van der Waals surface area contributed by atoms with Gasteiger partial charge in [-0.25, -0.2) is 4.79 Å². The first kappa shape index (κ1) is 19.6. The van der Waals surface area contributed by atoms with Gasteiger partial charge in [0, 0.05) is 0 Å². The second kappa shape index (κ2) is 9.49. The Morgan fingerprint density at radius 3 is 1.45 bits per heavy atom. The SMILES string of the molecule is C[Si](C)(F)CCCCOC(=O)OCCCC[Si](C)(C)F. The Morgan fingerprint density at radius 2 is 1.15 bits per heavy atom. The van der Waals surface area contributed by atoms with Crippen LogP contribution in [0.1, 0.15) is 25.7 Å². The maximum Gasteiger partial charge on any atom is 0.508 e. The Kier molecular flexibility index (Phi) is 9.28. The molecule has 0 aliphatic rings. The molecule has 0 aliphatic heterocycles. The maximum absolute atomic E-state index is 13.3. The van der Waals surface area contributed by atoms with Gasteiger partial charge in [-0.3, -0.25) is 0 Å². The molecular weight excluding hydrogens is 298 g/mol. The van der Waals surface area contributed by atoms with Crippen LogP contribution in [0.3, 0.4) is 0 Å². The lowest BCUT2D eigenvalue weighted by molar-refractivity contribution is 0.0535. The monoisotopic (exact) mass is 326 g/mol. The summed E-state index contributed by atoms with van der Waals surface area (Å²) in [6.45, 7) is 7.22. The number of halogens is 2. The molecule has 0 unspecified atom stereocenters. The number of rotatable bonds is 10. The van der Waals surface area contributed by atoms with Crippen LogP contribution in [-0.4, -0.2) is 36.2 Å². The van der Waals surface area contributed by atoms with E-state index in [9.17, 15) is 13.0 Å². The summed E-state index contributed by atoms with van der Waals surface area (Å²) in [4.78, 5) is 11.2. The van der Waals surface area contributed by atoms with E-state index in [4.69, 9.17) is 9.47 Å². The van der Waals surface area contributed by atoms with E-state index in [-0.39, 0.29) is 13.2 Å². The van der Waals surface area contributed by atoms with Crippen LogP contribution in [0.25, 0.3) is 0 Å². The van der Waals surface area contributed by atoms with E-state index in [0.29, 0.717) is 24.9 Å². The number of carbonyl (C=O) groups is 1. The smallest absolute Gasteiger partial charge is 0.434 e. The summed E-state index contributed by atoms with van der Waals surface area (Å²) >= 11 is 0. The predicted molar refractivity (Wildman–Crippen MR) is 82.6 cm³/mol. The highest BCUT2D eigenvalue weighted by atomic mass is 28.4. The van der Waals surface area contributed by atoms with Crippen molar-refractivity contribution in [1.82, 2.24) is 0 Å². The van der Waals surface area contributed by atoms with Crippen molar-refractivity contribution < 1.29 is 22.5 Å². The number of hydrogen-bond acceptors (Lipinski definition) is 3. The highest BCUT2D eigenvalue weighted by Crippen LogP contribution is 2.15. The van der Waals surface area contributed by atoms with Crippen LogP contribution in [0.4, 0.5) is 13.0 Å². The molecule has 7 heteroatoms. The van der Waals surface area contributed by atoms with Crippen molar-refractivity contribution in [2.75, 3.05) is 13.2 Å². The molecule has 0 heterocycles. The standard InChI is InChI=1S/C13H28F2O3Si2/c1-19(2,14)11-7-5-9-17-13(16)18-10-6-8-12-20(3,4)15/h5-12H2,1-4H3. The third-order valence-electron chi connectivity index (χ3n) is 2.77. The van der Waals surface area contributed by atoms with Crippen LogP contribution in [0.5, 0.6) is 0 Å². The van der Waals surface area contributed by atoms with Gasteiger partial charge >= 0.3 is 6.16 Å². The van der Waals surface area contributed by atoms with Crippen molar-refractivity contribution in [3.63, 3.8) is 0 Å². The second-order valence-electron chi connectivity index (χ2n) is 6.30. The van der Waals surface area contributed by atoms with E-state index in [1.54, 1.807) is 26.2 Å². The molecule has 0 atom stereocenters. The molecule has 3 nitrogen and oxygen atoms in total. The normalized spacial score (nSPS) is 12.3. The van der Waals surface area contributed by atoms with Gasteiger partial charge in [0.15, 0.2) is 0 Å². The van der Waals surface area contributed by atoms with Gasteiger partial charge in [-0.05, 0) is 51.1 Å². The van der Waals surface area contributed by atoms with Crippen molar-refractivity contribution in [1.29, 1.82) is 0 Å². The summed E-state index contributed by atoms with van der Waals surface area (Å²) in [5, 5.41) is 0. The zero-order valence-corrected chi connectivity index (χ0v) is 15.1. The van der Waals surface area contributed by atoms with Crippen LogP contribution in [-0.2, 0) is 9.47 Å². The molecule has 0 aromatic heterocycles. The van der Waals surface area contributed by atoms with Gasteiger partial charge in [-0.1, -0.05) is 12.8 Å². The number of ether oxygens (including phenoxy) is 2. The summed E-state index contributed by atoms with van der Waals surface area (Å²) in [7, 11) is -4.96. The highest BCUT2D eigenvalue weighted by molar-refractivity contribution is 6.70. The third kappa shape index (κ3) is 15.6. The molecule has 0 radical (unpaired) electrons. The van der Waals surface area contributed by atoms with Crippen LogP contribution >= 0.6 is 0 Å².